The summed E-state index contributed by atoms with van der Waals surface area (Å²) in [7, 11) is 0. The summed E-state index contributed by atoms with van der Waals surface area (Å²) < 4.78 is 0. The number of rotatable bonds is 3. The van der Waals surface area contributed by atoms with E-state index in [9.17, 15) is 10.2 Å². The number of aliphatic hydroxyl groups is 1. The summed E-state index contributed by atoms with van der Waals surface area (Å²) in [6.45, 7) is -1.96. The summed E-state index contributed by atoms with van der Waals surface area (Å²) in [5.74, 6) is 0. The third-order valence-electron chi connectivity index (χ3n) is 0.890. The Morgan fingerprint density at radius 3 is 1.50 bits per heavy atom. The summed E-state index contributed by atoms with van der Waals surface area (Å²) in [6.07, 6.45) is 0. The summed E-state index contributed by atoms with van der Waals surface area (Å²) in [6, 6.07) is 0. The van der Waals surface area contributed by atoms with Gasteiger partial charge in [-0.1, -0.05) is 0 Å². The Labute approximate surface area is 104 Å². The minimum Gasteiger partial charge on any atom is -0.853 e. The van der Waals surface area contributed by atoms with Gasteiger partial charge < -0.3 is 21.1 Å². The summed E-state index contributed by atoms with van der Waals surface area (Å²) in [4.78, 5) is 0. The number of aliphatic hydroxyl groups excluding tert-OH is 1. The van der Waals surface area contributed by atoms with Crippen LogP contribution in [0.2, 0.25) is 0 Å². The summed E-state index contributed by atoms with van der Waals surface area (Å²) in [5.41, 5.74) is 3.59. The third kappa shape index (κ3) is 6.54. The van der Waals surface area contributed by atoms with Gasteiger partial charge in [0.25, 0.3) is 0 Å². The Morgan fingerprint density at radius 1 is 1.20 bits per heavy atom. The van der Waals surface area contributed by atoms with E-state index in [2.05, 4.69) is 0 Å². The molecule has 0 aliphatic heterocycles. The molecule has 0 radical (unpaired) electrons. The van der Waals surface area contributed by atoms with Gasteiger partial charge in [0, 0.05) is 5.54 Å². The van der Waals surface area contributed by atoms with Gasteiger partial charge in [-0.05, 0) is 0 Å². The summed E-state index contributed by atoms with van der Waals surface area (Å²) in [5, 5.41) is 28.1. The van der Waals surface area contributed by atoms with Crippen molar-refractivity contribution in [2.45, 2.75) is 5.54 Å². The molecule has 3 N–H and O–H groups in total. The van der Waals surface area contributed by atoms with Crippen molar-refractivity contribution in [3.05, 3.63) is 0 Å². The molecule has 6 heteroatoms. The normalized spacial score (nSPS) is 9.60. The Kier molecular flexibility index (Phi) is 15.9. The molecule has 0 atom stereocenters. The van der Waals surface area contributed by atoms with Crippen LogP contribution < -0.4 is 75.1 Å². The van der Waals surface area contributed by atoms with Crippen molar-refractivity contribution in [2.24, 2.45) is 5.73 Å². The molecule has 0 heterocycles. The van der Waals surface area contributed by atoms with E-state index in [1.165, 1.54) is 0 Å². The topological polar surface area (TPSA) is 92.4 Å². The van der Waals surface area contributed by atoms with E-state index in [1.807, 2.05) is 0 Å². The van der Waals surface area contributed by atoms with Crippen LogP contribution in [0.4, 0.5) is 0 Å². The Balaban J connectivity index is -0.000000245. The molecule has 50 valence electrons. The van der Waals surface area contributed by atoms with E-state index in [4.69, 9.17) is 10.8 Å². The van der Waals surface area contributed by atoms with Gasteiger partial charge >= 0.3 is 59.1 Å². The van der Waals surface area contributed by atoms with Crippen molar-refractivity contribution in [1.82, 2.24) is 0 Å². The molecule has 0 rings (SSSR count). The summed E-state index contributed by atoms with van der Waals surface area (Å²) >= 11 is 0. The molecular weight excluding hydrogens is 156 g/mol. The molecule has 4 nitrogen and oxygen atoms in total. The van der Waals surface area contributed by atoms with Gasteiger partial charge in [-0.25, -0.2) is 0 Å². The standard InChI is InChI=1S/C4H9NO3.2Na/c5-4(1-6,2-7)3-8;;/h6H,1-3,5H2;;/q-2;2*+1. The average Bonchev–Trinajstić information content (AvgIpc) is 1.87. The van der Waals surface area contributed by atoms with Gasteiger partial charge in [-0.15, -0.1) is 13.2 Å². The zero-order chi connectivity index (χ0) is 6.62. The first-order valence-electron chi connectivity index (χ1n) is 2.24. The maximum absolute atomic E-state index is 9.93. The van der Waals surface area contributed by atoms with Crippen molar-refractivity contribution in [3.63, 3.8) is 0 Å². The SMILES string of the molecule is NC(C[O-])(C[O-])CO.[Na+].[Na+]. The second-order valence-corrected chi connectivity index (χ2v) is 1.81. The van der Waals surface area contributed by atoms with Gasteiger partial charge in [0.2, 0.25) is 0 Å². The predicted molar refractivity (Wildman–Crippen MR) is 23.7 cm³/mol. The smallest absolute Gasteiger partial charge is 0.853 e. The number of hydrogen-bond acceptors (Lipinski definition) is 4. The van der Waals surface area contributed by atoms with Gasteiger partial charge in [0.05, 0.1) is 6.61 Å². The maximum Gasteiger partial charge on any atom is 1.00 e. The van der Waals surface area contributed by atoms with Crippen LogP contribution in [0.3, 0.4) is 0 Å². The molecule has 0 aliphatic rings. The quantitative estimate of drug-likeness (QED) is 0.406. The maximum atomic E-state index is 9.93. The molecule has 0 fully saturated rings. The van der Waals surface area contributed by atoms with E-state index in [1.54, 1.807) is 0 Å². The van der Waals surface area contributed by atoms with Crippen molar-refractivity contribution < 1.29 is 74.4 Å². The molecule has 0 saturated carbocycles. The second kappa shape index (κ2) is 8.93. The van der Waals surface area contributed by atoms with Crippen LogP contribution in [-0.2, 0) is 0 Å². The first-order valence-corrected chi connectivity index (χ1v) is 2.24. The Bertz CT molecular complexity index is 61.3. The molecule has 0 unspecified atom stereocenters. The van der Waals surface area contributed by atoms with Crippen LogP contribution in [0.25, 0.3) is 0 Å². The third-order valence-corrected chi connectivity index (χ3v) is 0.890. The molecule has 0 spiro atoms. The Hall–Kier alpha value is 1.84. The van der Waals surface area contributed by atoms with E-state index < -0.39 is 25.4 Å². The minimum atomic E-state index is -1.43. The van der Waals surface area contributed by atoms with E-state index >= 15 is 0 Å². The van der Waals surface area contributed by atoms with Crippen LogP contribution in [-0.4, -0.2) is 30.5 Å². The molecular formula is C4H9NNa2O3. The van der Waals surface area contributed by atoms with Crippen LogP contribution in [0, 0.1) is 0 Å². The average molecular weight is 165 g/mol. The zero-order valence-corrected chi connectivity index (χ0v) is 10.5. The minimum absolute atomic E-state index is 0. The van der Waals surface area contributed by atoms with Crippen LogP contribution in [0.5, 0.6) is 0 Å². The van der Waals surface area contributed by atoms with Gasteiger partial charge in [0.1, 0.15) is 0 Å². The van der Waals surface area contributed by atoms with E-state index in [0.29, 0.717) is 0 Å². The van der Waals surface area contributed by atoms with Crippen molar-refractivity contribution in [3.8, 4) is 0 Å². The fraction of sp³-hybridized carbons (Fsp3) is 1.00. The van der Waals surface area contributed by atoms with Gasteiger partial charge in [-0.3, -0.25) is 0 Å². The second-order valence-electron chi connectivity index (χ2n) is 1.81. The Morgan fingerprint density at radius 2 is 1.50 bits per heavy atom. The monoisotopic (exact) mass is 165 g/mol. The first-order chi connectivity index (χ1) is 3.68. The van der Waals surface area contributed by atoms with Crippen LogP contribution >= 0.6 is 0 Å². The van der Waals surface area contributed by atoms with Crippen molar-refractivity contribution in [2.75, 3.05) is 19.8 Å². The molecule has 0 aromatic heterocycles. The fourth-order valence-electron chi connectivity index (χ4n) is 0.133. The molecule has 0 bridgehead atoms. The van der Waals surface area contributed by atoms with Gasteiger partial charge in [0.15, 0.2) is 0 Å². The molecule has 0 saturated heterocycles. The predicted octanol–water partition coefficient (Wildman–Crippen LogP) is -9.60. The van der Waals surface area contributed by atoms with Crippen molar-refractivity contribution in [1.29, 1.82) is 0 Å². The zero-order valence-electron chi connectivity index (χ0n) is 6.46. The van der Waals surface area contributed by atoms with Crippen LogP contribution in [0.1, 0.15) is 0 Å². The first kappa shape index (κ1) is 17.8. The molecule has 0 aliphatic carbocycles. The van der Waals surface area contributed by atoms with E-state index in [-0.39, 0.29) is 59.1 Å². The molecule has 0 amide bonds. The molecule has 0 aromatic carbocycles. The number of hydrogen-bond donors (Lipinski definition) is 2. The fourth-order valence-corrected chi connectivity index (χ4v) is 0.133. The van der Waals surface area contributed by atoms with Crippen molar-refractivity contribution >= 4 is 0 Å². The van der Waals surface area contributed by atoms with Crippen LogP contribution in [0.15, 0.2) is 0 Å². The largest absolute Gasteiger partial charge is 1.00 e. The van der Waals surface area contributed by atoms with Gasteiger partial charge in [-0.2, -0.15) is 0 Å². The molecule has 10 heavy (non-hydrogen) atoms. The number of nitrogens with two attached hydrogens (primary N) is 1. The molecule has 0 aromatic rings. The van der Waals surface area contributed by atoms with E-state index in [0.717, 1.165) is 0 Å².